The van der Waals surface area contributed by atoms with Gasteiger partial charge in [-0.3, -0.25) is 4.98 Å². The zero-order valence-corrected chi connectivity index (χ0v) is 17.7. The standard InChI is InChI=1S/C30H20N2/c1-19-11-13-27(31-18-19)21-12-14-29-24(15-21)26-17-22(20-7-3-2-4-8-20)16-25-23-9-5-6-10-28(23)32(29)30(25)26/h2-18H,1H3. The molecule has 150 valence electrons. The van der Waals surface area contributed by atoms with Crippen LogP contribution in [0, 0.1) is 6.92 Å². The van der Waals surface area contributed by atoms with Crippen LogP contribution < -0.4 is 0 Å². The molecule has 0 aliphatic carbocycles. The zero-order valence-electron chi connectivity index (χ0n) is 17.7. The summed E-state index contributed by atoms with van der Waals surface area (Å²) in [6.07, 6.45) is 1.94. The smallest absolute Gasteiger partial charge is 0.0702 e. The molecule has 0 saturated carbocycles. The van der Waals surface area contributed by atoms with Crippen molar-refractivity contribution < 1.29 is 0 Å². The fourth-order valence-electron chi connectivity index (χ4n) is 5.09. The van der Waals surface area contributed by atoms with Gasteiger partial charge in [0.1, 0.15) is 0 Å². The molecule has 32 heavy (non-hydrogen) atoms. The second-order valence-electron chi connectivity index (χ2n) is 8.59. The van der Waals surface area contributed by atoms with Crippen LogP contribution >= 0.6 is 0 Å². The molecule has 2 heteroatoms. The summed E-state index contributed by atoms with van der Waals surface area (Å²) in [6.45, 7) is 2.07. The lowest BCUT2D eigenvalue weighted by molar-refractivity contribution is 1.27. The van der Waals surface area contributed by atoms with E-state index >= 15 is 0 Å². The molecule has 4 aromatic carbocycles. The van der Waals surface area contributed by atoms with E-state index in [-0.39, 0.29) is 0 Å². The minimum atomic E-state index is 1.01. The van der Waals surface area contributed by atoms with Crippen LogP contribution in [0.5, 0.6) is 0 Å². The van der Waals surface area contributed by atoms with E-state index < -0.39 is 0 Å². The minimum absolute atomic E-state index is 1.01. The lowest BCUT2D eigenvalue weighted by Gasteiger charge is -2.05. The van der Waals surface area contributed by atoms with Crippen LogP contribution in [0.15, 0.2) is 103 Å². The first-order chi connectivity index (χ1) is 15.8. The molecule has 7 aromatic rings. The first-order valence-electron chi connectivity index (χ1n) is 11.0. The molecule has 0 spiro atoms. The van der Waals surface area contributed by atoms with Crippen molar-refractivity contribution in [3.63, 3.8) is 0 Å². The van der Waals surface area contributed by atoms with Crippen molar-refractivity contribution in [3.8, 4) is 22.4 Å². The van der Waals surface area contributed by atoms with Crippen LogP contribution in [-0.4, -0.2) is 9.38 Å². The van der Waals surface area contributed by atoms with E-state index in [1.807, 2.05) is 6.20 Å². The quantitative estimate of drug-likeness (QED) is 0.284. The summed E-state index contributed by atoms with van der Waals surface area (Å²) < 4.78 is 2.43. The van der Waals surface area contributed by atoms with Gasteiger partial charge in [-0.2, -0.15) is 0 Å². The van der Waals surface area contributed by atoms with E-state index in [9.17, 15) is 0 Å². The molecule has 0 fully saturated rings. The highest BCUT2D eigenvalue weighted by Crippen LogP contribution is 2.42. The van der Waals surface area contributed by atoms with E-state index in [0.29, 0.717) is 0 Å². The van der Waals surface area contributed by atoms with E-state index in [1.54, 1.807) is 0 Å². The third-order valence-corrected chi connectivity index (χ3v) is 6.61. The average molecular weight is 409 g/mol. The Morgan fingerprint density at radius 1 is 0.562 bits per heavy atom. The second kappa shape index (κ2) is 6.41. The highest BCUT2D eigenvalue weighted by molar-refractivity contribution is 6.24. The van der Waals surface area contributed by atoms with Gasteiger partial charge in [-0.25, -0.2) is 0 Å². The number of pyridine rings is 1. The maximum atomic E-state index is 4.67. The van der Waals surface area contributed by atoms with Crippen LogP contribution in [0.1, 0.15) is 5.56 Å². The Bertz CT molecular complexity index is 1760. The van der Waals surface area contributed by atoms with Crippen LogP contribution in [0.25, 0.3) is 60.5 Å². The number of para-hydroxylation sites is 1. The summed E-state index contributed by atoms with van der Waals surface area (Å²) in [5, 5.41) is 5.18. The van der Waals surface area contributed by atoms with Crippen molar-refractivity contribution in [3.05, 3.63) is 109 Å². The fourth-order valence-corrected chi connectivity index (χ4v) is 5.09. The number of rotatable bonds is 2. The lowest BCUT2D eigenvalue weighted by Crippen LogP contribution is -1.85. The van der Waals surface area contributed by atoms with Gasteiger partial charge in [-0.1, -0.05) is 60.7 Å². The predicted molar refractivity (Wildman–Crippen MR) is 135 cm³/mol. The predicted octanol–water partition coefficient (Wildman–Crippen LogP) is 7.87. The minimum Gasteiger partial charge on any atom is -0.308 e. The van der Waals surface area contributed by atoms with Gasteiger partial charge in [-0.15, -0.1) is 0 Å². The fraction of sp³-hybridized carbons (Fsp3) is 0.0333. The first kappa shape index (κ1) is 17.5. The Balaban J connectivity index is 1.63. The molecular formula is C30H20N2. The monoisotopic (exact) mass is 408 g/mol. The van der Waals surface area contributed by atoms with Gasteiger partial charge in [0.2, 0.25) is 0 Å². The van der Waals surface area contributed by atoms with Crippen LogP contribution in [-0.2, 0) is 0 Å². The second-order valence-corrected chi connectivity index (χ2v) is 8.59. The lowest BCUT2D eigenvalue weighted by atomic mass is 9.98. The van der Waals surface area contributed by atoms with E-state index in [2.05, 4.69) is 113 Å². The summed E-state index contributed by atoms with van der Waals surface area (Å²) in [6, 6.07) is 35.1. The summed E-state index contributed by atoms with van der Waals surface area (Å²) in [4.78, 5) is 4.67. The molecule has 0 aliphatic rings. The molecule has 2 nitrogen and oxygen atoms in total. The number of aromatic nitrogens is 2. The van der Waals surface area contributed by atoms with Crippen LogP contribution in [0.2, 0.25) is 0 Å². The Kier molecular flexibility index (Phi) is 3.51. The Morgan fingerprint density at radius 3 is 2.09 bits per heavy atom. The Hall–Kier alpha value is -4.17. The van der Waals surface area contributed by atoms with Gasteiger partial charge in [0.05, 0.1) is 22.2 Å². The SMILES string of the molecule is Cc1ccc(-c2ccc3c(c2)c2cc(-c4ccccc4)cc4c5ccccc5n3c42)nc1. The van der Waals surface area contributed by atoms with Gasteiger partial charge in [0.25, 0.3) is 0 Å². The molecule has 0 amide bonds. The summed E-state index contributed by atoms with van der Waals surface area (Å²) >= 11 is 0. The van der Waals surface area contributed by atoms with Gasteiger partial charge < -0.3 is 4.40 Å². The summed E-state index contributed by atoms with van der Waals surface area (Å²) in [5.74, 6) is 0. The highest BCUT2D eigenvalue weighted by atomic mass is 14.9. The Morgan fingerprint density at radius 2 is 1.28 bits per heavy atom. The third kappa shape index (κ3) is 2.38. The van der Waals surface area contributed by atoms with Gasteiger partial charge in [0.15, 0.2) is 0 Å². The maximum Gasteiger partial charge on any atom is 0.0702 e. The number of fused-ring (bicyclic) bond motifs is 6. The van der Waals surface area contributed by atoms with Crippen molar-refractivity contribution in [2.45, 2.75) is 6.92 Å². The molecular weight excluding hydrogens is 388 g/mol. The molecule has 0 aliphatic heterocycles. The van der Waals surface area contributed by atoms with Crippen molar-refractivity contribution in [1.29, 1.82) is 0 Å². The molecule has 0 N–H and O–H groups in total. The molecule has 0 unspecified atom stereocenters. The topological polar surface area (TPSA) is 17.3 Å². The van der Waals surface area contributed by atoms with E-state index in [0.717, 1.165) is 11.3 Å². The largest absolute Gasteiger partial charge is 0.308 e. The van der Waals surface area contributed by atoms with Gasteiger partial charge >= 0.3 is 0 Å². The zero-order chi connectivity index (χ0) is 21.2. The molecule has 7 rings (SSSR count). The number of benzene rings is 4. The Labute approximate surface area is 185 Å². The average Bonchev–Trinajstić information content (AvgIpc) is 3.36. The summed E-state index contributed by atoms with van der Waals surface area (Å²) in [5.41, 5.74) is 9.63. The first-order valence-corrected chi connectivity index (χ1v) is 11.0. The van der Waals surface area contributed by atoms with Crippen LogP contribution in [0.3, 0.4) is 0 Å². The highest BCUT2D eigenvalue weighted by Gasteiger charge is 2.19. The van der Waals surface area contributed by atoms with Gasteiger partial charge in [-0.05, 0) is 60.0 Å². The number of hydrogen-bond acceptors (Lipinski definition) is 1. The molecule has 0 radical (unpaired) electrons. The van der Waals surface area contributed by atoms with Crippen molar-refractivity contribution in [2.24, 2.45) is 0 Å². The molecule has 0 bridgehead atoms. The molecule has 0 saturated heterocycles. The van der Waals surface area contributed by atoms with E-state index in [4.69, 9.17) is 0 Å². The molecule has 0 atom stereocenters. The van der Waals surface area contributed by atoms with Crippen molar-refractivity contribution >= 4 is 38.1 Å². The molecule has 3 heterocycles. The third-order valence-electron chi connectivity index (χ3n) is 6.61. The van der Waals surface area contributed by atoms with Crippen LogP contribution in [0.4, 0.5) is 0 Å². The number of nitrogens with zero attached hydrogens (tertiary/aromatic N) is 2. The number of hydrogen-bond donors (Lipinski definition) is 0. The molecule has 3 aromatic heterocycles. The summed E-state index contributed by atoms with van der Waals surface area (Å²) in [7, 11) is 0. The maximum absolute atomic E-state index is 4.67. The van der Waals surface area contributed by atoms with Gasteiger partial charge in [0, 0.05) is 33.3 Å². The normalized spacial score (nSPS) is 11.9. The van der Waals surface area contributed by atoms with E-state index in [1.165, 1.54) is 54.8 Å². The number of aryl methyl sites for hydroxylation is 1. The van der Waals surface area contributed by atoms with Crippen molar-refractivity contribution in [2.75, 3.05) is 0 Å². The van der Waals surface area contributed by atoms with Crippen molar-refractivity contribution in [1.82, 2.24) is 9.38 Å².